The molecule has 3 atom stereocenters. The molecule has 2 fully saturated rings. The molecule has 3 aliphatic rings. The van der Waals surface area contributed by atoms with Crippen molar-refractivity contribution in [1.29, 1.82) is 0 Å². The monoisotopic (exact) mass is 507 g/mol. The number of fused-ring (bicyclic) bond motifs is 1. The highest BCUT2D eigenvalue weighted by molar-refractivity contribution is 5.97. The quantitative estimate of drug-likeness (QED) is 0.651. The van der Waals surface area contributed by atoms with Gasteiger partial charge in [-0.1, -0.05) is 32.9 Å². The Hall–Kier alpha value is -2.84. The summed E-state index contributed by atoms with van der Waals surface area (Å²) in [7, 11) is 0. The normalized spacial score (nSPS) is 25.5. The molecule has 2 saturated heterocycles. The molecular formula is C29H38FN5O2. The Morgan fingerprint density at radius 2 is 1.95 bits per heavy atom. The first-order chi connectivity index (χ1) is 17.6. The lowest BCUT2D eigenvalue weighted by molar-refractivity contribution is -0.128. The minimum atomic E-state index is -0.256. The van der Waals surface area contributed by atoms with Gasteiger partial charge in [0, 0.05) is 80.5 Å². The molecule has 7 nitrogen and oxygen atoms in total. The van der Waals surface area contributed by atoms with Crippen molar-refractivity contribution in [2.75, 3.05) is 44.2 Å². The number of carbonyl (C=O) groups excluding carboxylic acids is 2. The lowest BCUT2D eigenvalue weighted by atomic mass is 9.88. The molecule has 0 saturated carbocycles. The zero-order valence-electron chi connectivity index (χ0n) is 22.3. The SMILES string of the molecule is CC1CC(=O)N(C[C@H]2CN[C@H](C)CN2CC(=O)N2CC(C)(C)c3cnc(Cc4ccc(F)cc4)cc32)C1. The number of pyridine rings is 1. The topological polar surface area (TPSA) is 68.8 Å². The Labute approximate surface area is 219 Å². The second-order valence-corrected chi connectivity index (χ2v) is 11.9. The van der Waals surface area contributed by atoms with Crippen LogP contribution < -0.4 is 10.2 Å². The van der Waals surface area contributed by atoms with Gasteiger partial charge in [-0.25, -0.2) is 4.39 Å². The van der Waals surface area contributed by atoms with Gasteiger partial charge in [0.15, 0.2) is 0 Å². The summed E-state index contributed by atoms with van der Waals surface area (Å²) in [5.74, 6) is 0.423. The summed E-state index contributed by atoms with van der Waals surface area (Å²) in [5.41, 5.74) is 3.64. The van der Waals surface area contributed by atoms with E-state index in [9.17, 15) is 14.0 Å². The second kappa shape index (κ2) is 10.1. The maximum atomic E-state index is 13.8. The van der Waals surface area contributed by atoms with Crippen molar-refractivity contribution < 1.29 is 14.0 Å². The summed E-state index contributed by atoms with van der Waals surface area (Å²) >= 11 is 0. The molecule has 0 radical (unpaired) electrons. The molecule has 2 amide bonds. The smallest absolute Gasteiger partial charge is 0.241 e. The zero-order valence-corrected chi connectivity index (χ0v) is 22.3. The number of rotatable bonds is 6. The standard InChI is InChI=1S/C29H38FN5O2/c1-19-9-27(36)34(14-19)16-24-12-31-20(2)15-33(24)17-28(37)35-18-29(3,4)25-13-32-23(11-26(25)35)10-21-5-7-22(30)8-6-21/h5-8,11,13,19-20,24,31H,9-10,12,14-18H2,1-4H3/t19?,20-,24-/m1/s1. The van der Waals surface area contributed by atoms with Crippen LogP contribution in [-0.4, -0.2) is 78.0 Å². The predicted octanol–water partition coefficient (Wildman–Crippen LogP) is 2.97. The van der Waals surface area contributed by atoms with E-state index < -0.39 is 0 Å². The van der Waals surface area contributed by atoms with Crippen molar-refractivity contribution in [3.63, 3.8) is 0 Å². The van der Waals surface area contributed by atoms with Crippen LogP contribution in [0.1, 0.15) is 50.9 Å². The molecule has 5 rings (SSSR count). The van der Waals surface area contributed by atoms with Crippen LogP contribution in [0.2, 0.25) is 0 Å². The summed E-state index contributed by atoms with van der Waals surface area (Å²) in [6, 6.07) is 8.88. The number of hydrogen-bond acceptors (Lipinski definition) is 5. The van der Waals surface area contributed by atoms with Gasteiger partial charge in [0.1, 0.15) is 5.82 Å². The number of piperazine rings is 1. The molecule has 1 aromatic heterocycles. The van der Waals surface area contributed by atoms with E-state index in [1.165, 1.54) is 12.1 Å². The molecule has 0 spiro atoms. The third-order valence-corrected chi connectivity index (χ3v) is 8.02. The molecule has 8 heteroatoms. The number of nitrogens with one attached hydrogen (secondary N) is 1. The van der Waals surface area contributed by atoms with Gasteiger partial charge in [-0.05, 0) is 36.6 Å². The van der Waals surface area contributed by atoms with E-state index in [0.29, 0.717) is 38.4 Å². The van der Waals surface area contributed by atoms with Gasteiger partial charge in [0.25, 0.3) is 0 Å². The number of anilines is 1. The number of hydrogen-bond donors (Lipinski definition) is 1. The van der Waals surface area contributed by atoms with Crippen LogP contribution in [0.25, 0.3) is 0 Å². The van der Waals surface area contributed by atoms with E-state index in [4.69, 9.17) is 0 Å². The third kappa shape index (κ3) is 5.55. The van der Waals surface area contributed by atoms with Crippen LogP contribution >= 0.6 is 0 Å². The Morgan fingerprint density at radius 3 is 2.65 bits per heavy atom. The summed E-state index contributed by atoms with van der Waals surface area (Å²) < 4.78 is 13.3. The van der Waals surface area contributed by atoms with E-state index in [-0.39, 0.29) is 35.1 Å². The summed E-state index contributed by atoms with van der Waals surface area (Å²) in [5, 5.41) is 3.53. The van der Waals surface area contributed by atoms with E-state index in [1.807, 2.05) is 22.1 Å². The molecule has 1 N–H and O–H groups in total. The van der Waals surface area contributed by atoms with Gasteiger partial charge in [0.2, 0.25) is 11.8 Å². The maximum Gasteiger partial charge on any atom is 0.241 e. The average molecular weight is 508 g/mol. The van der Waals surface area contributed by atoms with E-state index in [0.717, 1.165) is 42.1 Å². The van der Waals surface area contributed by atoms with E-state index >= 15 is 0 Å². The van der Waals surface area contributed by atoms with Gasteiger partial charge in [0.05, 0.1) is 12.2 Å². The Bertz CT molecular complexity index is 1170. The number of aromatic nitrogens is 1. The minimum absolute atomic E-state index is 0.0750. The zero-order chi connectivity index (χ0) is 26.3. The minimum Gasteiger partial charge on any atom is -0.341 e. The number of likely N-dealkylation sites (tertiary alicyclic amines) is 1. The molecule has 4 heterocycles. The number of halogens is 1. The molecular weight excluding hydrogens is 469 g/mol. The fraction of sp³-hybridized carbons (Fsp3) is 0.552. The highest BCUT2D eigenvalue weighted by Crippen LogP contribution is 2.40. The van der Waals surface area contributed by atoms with E-state index in [2.05, 4.69) is 42.9 Å². The summed E-state index contributed by atoms with van der Waals surface area (Å²) in [6.07, 6.45) is 3.09. The average Bonchev–Trinajstić information content (AvgIpc) is 3.30. The highest BCUT2D eigenvalue weighted by atomic mass is 19.1. The van der Waals surface area contributed by atoms with Crippen LogP contribution in [0.5, 0.6) is 0 Å². The van der Waals surface area contributed by atoms with Gasteiger partial charge in [-0.15, -0.1) is 0 Å². The van der Waals surface area contributed by atoms with Gasteiger partial charge in [-0.2, -0.15) is 0 Å². The molecule has 0 aliphatic carbocycles. The second-order valence-electron chi connectivity index (χ2n) is 11.9. The lowest BCUT2D eigenvalue weighted by Crippen LogP contribution is -2.61. The van der Waals surface area contributed by atoms with Gasteiger partial charge >= 0.3 is 0 Å². The Balaban J connectivity index is 1.33. The molecule has 37 heavy (non-hydrogen) atoms. The molecule has 0 bridgehead atoms. The van der Waals surface area contributed by atoms with Gasteiger partial charge < -0.3 is 15.1 Å². The summed E-state index contributed by atoms with van der Waals surface area (Å²) in [4.78, 5) is 37.0. The van der Waals surface area contributed by atoms with Crippen LogP contribution in [0.4, 0.5) is 10.1 Å². The first kappa shape index (κ1) is 25.8. The largest absolute Gasteiger partial charge is 0.341 e. The molecule has 2 aromatic rings. The summed E-state index contributed by atoms with van der Waals surface area (Å²) in [6.45, 7) is 12.5. The van der Waals surface area contributed by atoms with Crippen molar-refractivity contribution in [2.45, 2.75) is 58.0 Å². The van der Waals surface area contributed by atoms with Crippen molar-refractivity contribution >= 4 is 17.5 Å². The molecule has 198 valence electrons. The maximum absolute atomic E-state index is 13.8. The Kier molecular flexibility index (Phi) is 7.07. The number of nitrogens with zero attached hydrogens (tertiary/aromatic N) is 4. The Morgan fingerprint density at radius 1 is 1.19 bits per heavy atom. The van der Waals surface area contributed by atoms with Crippen molar-refractivity contribution in [1.82, 2.24) is 20.1 Å². The van der Waals surface area contributed by atoms with Crippen molar-refractivity contribution in [2.24, 2.45) is 5.92 Å². The lowest BCUT2D eigenvalue weighted by Gasteiger charge is -2.41. The van der Waals surface area contributed by atoms with Crippen molar-refractivity contribution in [3.8, 4) is 0 Å². The highest BCUT2D eigenvalue weighted by Gasteiger charge is 2.40. The number of carbonyl (C=O) groups is 2. The van der Waals surface area contributed by atoms with E-state index in [1.54, 1.807) is 12.1 Å². The van der Waals surface area contributed by atoms with Crippen molar-refractivity contribution in [3.05, 3.63) is 59.2 Å². The number of amides is 2. The van der Waals surface area contributed by atoms with Crippen LogP contribution in [0.3, 0.4) is 0 Å². The first-order valence-corrected chi connectivity index (χ1v) is 13.4. The molecule has 3 aliphatic heterocycles. The number of benzene rings is 1. The molecule has 1 unspecified atom stereocenters. The van der Waals surface area contributed by atoms with Gasteiger partial charge in [-0.3, -0.25) is 19.5 Å². The first-order valence-electron chi connectivity index (χ1n) is 13.4. The third-order valence-electron chi connectivity index (χ3n) is 8.02. The van der Waals surface area contributed by atoms with Crippen LogP contribution in [-0.2, 0) is 21.4 Å². The van der Waals surface area contributed by atoms with Crippen LogP contribution in [0, 0.1) is 11.7 Å². The van der Waals surface area contributed by atoms with Crippen LogP contribution in [0.15, 0.2) is 36.5 Å². The molecule has 1 aromatic carbocycles. The predicted molar refractivity (Wildman–Crippen MR) is 142 cm³/mol. The fourth-order valence-electron chi connectivity index (χ4n) is 5.99. The fourth-order valence-corrected chi connectivity index (χ4v) is 5.99.